The average molecular weight is 470 g/mol. The maximum atomic E-state index is 12.3. The van der Waals surface area contributed by atoms with Gasteiger partial charge in [-0.15, -0.1) is 0 Å². The molecule has 1 aromatic carbocycles. The van der Waals surface area contributed by atoms with Crippen molar-refractivity contribution in [1.29, 1.82) is 0 Å². The molecule has 0 unspecified atom stereocenters. The highest BCUT2D eigenvalue weighted by Crippen LogP contribution is 2.32. The second-order valence-corrected chi connectivity index (χ2v) is 7.65. The highest BCUT2D eigenvalue weighted by Gasteiger charge is 2.43. The molecule has 5 N–H and O–H groups in total. The monoisotopic (exact) mass is 470 g/mol. The number of aliphatic hydroxyl groups excluding tert-OH is 2. The number of hydrogen-bond donors (Lipinski definition) is 4. The van der Waals surface area contributed by atoms with Gasteiger partial charge in [0.25, 0.3) is 0 Å². The van der Waals surface area contributed by atoms with E-state index in [1.165, 1.54) is 24.3 Å². The summed E-state index contributed by atoms with van der Waals surface area (Å²) in [6, 6.07) is 5.28. The van der Waals surface area contributed by atoms with Gasteiger partial charge >= 0.3 is 0 Å². The smallest absolute Gasteiger partial charge is 0.224 e. The molecular weight excluding hydrogens is 444 g/mol. The lowest BCUT2D eigenvalue weighted by Crippen LogP contribution is -2.31. The number of nitrogens with one attached hydrogen (secondary N) is 1. The zero-order valence-electron chi connectivity index (χ0n) is 18.7. The number of methoxy groups -OCH3 is 2. The molecular formula is C22H26N6O6. The van der Waals surface area contributed by atoms with Crippen LogP contribution in [0.3, 0.4) is 0 Å². The van der Waals surface area contributed by atoms with E-state index in [1.54, 1.807) is 37.5 Å². The van der Waals surface area contributed by atoms with Gasteiger partial charge in [-0.05, 0) is 17.7 Å². The number of carbonyl (C=O) groups is 1. The van der Waals surface area contributed by atoms with Crippen molar-refractivity contribution in [2.24, 2.45) is 0 Å². The van der Waals surface area contributed by atoms with Crippen molar-refractivity contribution in [3.63, 3.8) is 0 Å². The van der Waals surface area contributed by atoms with E-state index in [2.05, 4.69) is 20.3 Å². The standard InChI is InChI=1S/C22H26N6O6/c1-32-13-6-5-12(8-15(13)33-2)9-16(29)24-7-3-4-14-18(30)19(31)22(34-14)28-11-27-17-20(23)25-10-26-21(17)28/h3-6,8,10-11,14,18-19,22,30-31H,7,9H2,1-2H3,(H,24,29)(H2,23,25,26)/b4-3+/t14-,18-,19-,22-/m1/s1. The van der Waals surface area contributed by atoms with Crippen molar-refractivity contribution in [2.45, 2.75) is 31.0 Å². The molecule has 0 spiro atoms. The van der Waals surface area contributed by atoms with Crippen LogP contribution in [0.15, 0.2) is 43.0 Å². The maximum Gasteiger partial charge on any atom is 0.224 e. The van der Waals surface area contributed by atoms with Crippen LogP contribution in [0.1, 0.15) is 11.8 Å². The van der Waals surface area contributed by atoms with Crippen molar-refractivity contribution in [2.75, 3.05) is 26.5 Å². The molecule has 1 aliphatic rings. The fourth-order valence-corrected chi connectivity index (χ4v) is 3.74. The van der Waals surface area contributed by atoms with Crippen molar-refractivity contribution >= 4 is 22.9 Å². The van der Waals surface area contributed by atoms with Crippen LogP contribution in [-0.2, 0) is 16.0 Å². The number of carbonyl (C=O) groups excluding carboxylic acids is 1. The number of nitrogen functional groups attached to an aromatic ring is 1. The molecule has 0 radical (unpaired) electrons. The van der Waals surface area contributed by atoms with E-state index in [0.29, 0.717) is 22.7 Å². The molecule has 4 rings (SSSR count). The topological polar surface area (TPSA) is 167 Å². The molecule has 180 valence electrons. The molecule has 1 saturated heterocycles. The third-order valence-electron chi connectivity index (χ3n) is 5.49. The van der Waals surface area contributed by atoms with Gasteiger partial charge in [0.2, 0.25) is 5.91 Å². The van der Waals surface area contributed by atoms with E-state index >= 15 is 0 Å². The zero-order valence-corrected chi connectivity index (χ0v) is 18.7. The number of aliphatic hydroxyl groups is 2. The minimum Gasteiger partial charge on any atom is -0.493 e. The lowest BCUT2D eigenvalue weighted by molar-refractivity contribution is -0.120. The molecule has 12 nitrogen and oxygen atoms in total. The first-order chi connectivity index (χ1) is 16.4. The largest absolute Gasteiger partial charge is 0.493 e. The van der Waals surface area contributed by atoms with Crippen LogP contribution < -0.4 is 20.5 Å². The summed E-state index contributed by atoms with van der Waals surface area (Å²) < 4.78 is 17.8. The van der Waals surface area contributed by atoms with Crippen molar-refractivity contribution < 1.29 is 29.2 Å². The summed E-state index contributed by atoms with van der Waals surface area (Å²) in [5.74, 6) is 1.15. The Hall–Kier alpha value is -3.74. The number of fused-ring (bicyclic) bond motifs is 1. The first-order valence-electron chi connectivity index (χ1n) is 10.5. The van der Waals surface area contributed by atoms with Crippen LogP contribution in [0.4, 0.5) is 5.82 Å². The Labute approximate surface area is 195 Å². The fourth-order valence-electron chi connectivity index (χ4n) is 3.74. The molecule has 0 saturated carbocycles. The predicted octanol–water partition coefficient (Wildman–Crippen LogP) is -0.0400. The fraction of sp³-hybridized carbons (Fsp3) is 0.364. The lowest BCUT2D eigenvalue weighted by Gasteiger charge is -2.16. The number of benzene rings is 1. The van der Waals surface area contributed by atoms with Gasteiger partial charge in [0, 0.05) is 6.54 Å². The highest BCUT2D eigenvalue weighted by atomic mass is 16.6. The number of nitrogens with two attached hydrogens (primary N) is 1. The summed E-state index contributed by atoms with van der Waals surface area (Å²) in [4.78, 5) is 24.4. The Morgan fingerprint density at radius 2 is 2.00 bits per heavy atom. The van der Waals surface area contributed by atoms with E-state index in [-0.39, 0.29) is 24.7 Å². The molecule has 4 atom stereocenters. The Kier molecular flexibility index (Phi) is 6.91. The summed E-state index contributed by atoms with van der Waals surface area (Å²) in [6.07, 6.45) is 2.02. The second-order valence-electron chi connectivity index (χ2n) is 7.65. The highest BCUT2D eigenvalue weighted by molar-refractivity contribution is 5.81. The van der Waals surface area contributed by atoms with Gasteiger partial charge in [0.1, 0.15) is 30.2 Å². The first-order valence-corrected chi connectivity index (χ1v) is 10.5. The summed E-state index contributed by atoms with van der Waals surface area (Å²) in [5, 5.41) is 23.7. The van der Waals surface area contributed by atoms with Gasteiger partial charge in [0.05, 0.1) is 27.0 Å². The molecule has 12 heteroatoms. The molecule has 1 aliphatic heterocycles. The Balaban J connectivity index is 1.33. The minimum absolute atomic E-state index is 0.163. The van der Waals surface area contributed by atoms with Crippen molar-refractivity contribution in [3.05, 3.63) is 48.6 Å². The molecule has 1 amide bonds. The molecule has 3 aromatic rings. The van der Waals surface area contributed by atoms with Crippen LogP contribution in [0.5, 0.6) is 11.5 Å². The van der Waals surface area contributed by atoms with Crippen LogP contribution in [0, 0.1) is 0 Å². The number of nitrogens with zero attached hydrogens (tertiary/aromatic N) is 4. The molecule has 34 heavy (non-hydrogen) atoms. The molecule has 1 fully saturated rings. The molecule has 3 heterocycles. The van der Waals surface area contributed by atoms with Crippen LogP contribution >= 0.6 is 0 Å². The number of amides is 1. The number of imidazole rings is 1. The summed E-state index contributed by atoms with van der Waals surface area (Å²) in [5.41, 5.74) is 7.34. The van der Waals surface area contributed by atoms with E-state index < -0.39 is 24.5 Å². The van der Waals surface area contributed by atoms with Gasteiger partial charge < -0.3 is 35.5 Å². The summed E-state index contributed by atoms with van der Waals surface area (Å²) in [6.45, 7) is 0.219. The van der Waals surface area contributed by atoms with Gasteiger partial charge in [-0.25, -0.2) is 15.0 Å². The third kappa shape index (κ3) is 4.64. The van der Waals surface area contributed by atoms with Gasteiger partial charge in [-0.3, -0.25) is 9.36 Å². The van der Waals surface area contributed by atoms with E-state index in [0.717, 1.165) is 5.56 Å². The minimum atomic E-state index is -1.22. The number of hydrogen-bond acceptors (Lipinski definition) is 10. The zero-order chi connectivity index (χ0) is 24.2. The number of aromatic nitrogens is 4. The maximum absolute atomic E-state index is 12.3. The van der Waals surface area contributed by atoms with Gasteiger partial charge in [-0.1, -0.05) is 18.2 Å². The quantitative estimate of drug-likeness (QED) is 0.328. The van der Waals surface area contributed by atoms with Gasteiger partial charge in [-0.2, -0.15) is 0 Å². The SMILES string of the molecule is COc1ccc(CC(=O)NC/C=C/[C@H]2O[C@@H](n3cnc4c(N)ncnc43)[C@H](O)[C@@H]2O)cc1OC. The van der Waals surface area contributed by atoms with Crippen LogP contribution in [0.25, 0.3) is 11.2 Å². The second kappa shape index (κ2) is 10.0. The number of ether oxygens (including phenoxy) is 3. The molecule has 0 aliphatic carbocycles. The summed E-state index contributed by atoms with van der Waals surface area (Å²) in [7, 11) is 3.08. The molecule has 0 bridgehead atoms. The van der Waals surface area contributed by atoms with E-state index in [9.17, 15) is 15.0 Å². The Bertz CT molecular complexity index is 1200. The average Bonchev–Trinajstić information content (AvgIpc) is 3.39. The van der Waals surface area contributed by atoms with E-state index in [4.69, 9.17) is 19.9 Å². The lowest BCUT2D eigenvalue weighted by atomic mass is 10.1. The molecule has 2 aromatic heterocycles. The first kappa shape index (κ1) is 23.4. The van der Waals surface area contributed by atoms with E-state index in [1.807, 2.05) is 0 Å². The Morgan fingerprint density at radius 1 is 1.21 bits per heavy atom. The number of rotatable bonds is 8. The summed E-state index contributed by atoms with van der Waals surface area (Å²) >= 11 is 0. The van der Waals surface area contributed by atoms with Crippen molar-refractivity contribution in [1.82, 2.24) is 24.8 Å². The van der Waals surface area contributed by atoms with Crippen LogP contribution in [-0.4, -0.2) is 74.7 Å². The predicted molar refractivity (Wildman–Crippen MR) is 121 cm³/mol. The van der Waals surface area contributed by atoms with Gasteiger partial charge in [0.15, 0.2) is 29.2 Å². The number of anilines is 1. The normalized spacial score (nSPS) is 22.4. The third-order valence-corrected chi connectivity index (χ3v) is 5.49. The van der Waals surface area contributed by atoms with Crippen LogP contribution in [0.2, 0.25) is 0 Å². The van der Waals surface area contributed by atoms with Crippen molar-refractivity contribution in [3.8, 4) is 11.5 Å². The Morgan fingerprint density at radius 3 is 2.76 bits per heavy atom.